The van der Waals surface area contributed by atoms with Gasteiger partial charge in [-0.3, -0.25) is 0 Å². The number of benzene rings is 1. The second-order valence-electron chi connectivity index (χ2n) is 5.41. The quantitative estimate of drug-likeness (QED) is 0.314. The maximum Gasteiger partial charge on any atom is 0.360 e. The second kappa shape index (κ2) is 7.40. The molecule has 0 amide bonds. The predicted molar refractivity (Wildman–Crippen MR) is 102 cm³/mol. The van der Waals surface area contributed by atoms with E-state index in [1.807, 2.05) is 37.3 Å². The molecule has 0 radical (unpaired) electrons. The van der Waals surface area contributed by atoms with Crippen LogP contribution in [0.15, 0.2) is 50.7 Å². The number of carbonyl (C=O) groups is 1. The van der Waals surface area contributed by atoms with Crippen LogP contribution in [0.1, 0.15) is 30.3 Å². The number of allylic oxidation sites excluding steroid dienone is 2. The number of unbranched alkanes of at least 4 members (excludes halogenated alkanes) is 1. The smallest absolute Gasteiger partial charge is 0.360 e. The van der Waals surface area contributed by atoms with Crippen molar-refractivity contribution >= 4 is 43.6 Å². The highest BCUT2D eigenvalue weighted by molar-refractivity contribution is 9.10. The number of pyridine rings is 1. The molecule has 24 heavy (non-hydrogen) atoms. The zero-order valence-electron chi connectivity index (χ0n) is 13.2. The lowest BCUT2D eigenvalue weighted by molar-refractivity contribution is 0.0489. The summed E-state index contributed by atoms with van der Waals surface area (Å²) in [5, 5.41) is 16.2. The van der Waals surface area contributed by atoms with Crippen molar-refractivity contribution in [1.29, 1.82) is 0 Å². The van der Waals surface area contributed by atoms with E-state index in [-0.39, 0.29) is 11.4 Å². The number of rotatable bonds is 5. The Kier molecular flexibility index (Phi) is 5.26. The van der Waals surface area contributed by atoms with Gasteiger partial charge in [0.1, 0.15) is 4.60 Å². The van der Waals surface area contributed by atoms with Gasteiger partial charge in [-0.05, 0) is 50.2 Å². The van der Waals surface area contributed by atoms with Gasteiger partial charge in [-0.1, -0.05) is 31.6 Å². The van der Waals surface area contributed by atoms with Crippen LogP contribution >= 0.6 is 26.8 Å². The highest BCUT2D eigenvalue weighted by atomic mass is 79.9. The van der Waals surface area contributed by atoms with Gasteiger partial charge in [0.15, 0.2) is 11.4 Å². The molecular formula is C18H18BrNO3S. The van der Waals surface area contributed by atoms with Crippen molar-refractivity contribution in [3.8, 4) is 5.75 Å². The van der Waals surface area contributed by atoms with Gasteiger partial charge < -0.3 is 9.84 Å². The van der Waals surface area contributed by atoms with Crippen molar-refractivity contribution in [3.05, 3.63) is 51.5 Å². The van der Waals surface area contributed by atoms with Gasteiger partial charge in [-0.25, -0.2) is 9.78 Å². The second-order valence-corrected chi connectivity index (χ2v) is 8.09. The number of halogens is 1. The van der Waals surface area contributed by atoms with Crippen molar-refractivity contribution in [2.75, 3.05) is 6.61 Å². The normalized spacial score (nSPS) is 14.5. The number of hydrogen-bond acceptors (Lipinski definition) is 4. The fourth-order valence-electron chi connectivity index (χ4n) is 2.43. The number of esters is 1. The summed E-state index contributed by atoms with van der Waals surface area (Å²) in [6.07, 6.45) is 5.76. The van der Waals surface area contributed by atoms with E-state index in [4.69, 9.17) is 4.74 Å². The number of carbonyl (C=O) groups excluding carboxylic acids is 1. The number of fused-ring (bicyclic) bond motifs is 1. The molecule has 0 fully saturated rings. The maximum atomic E-state index is 12.2. The Morgan fingerprint density at radius 1 is 1.29 bits per heavy atom. The highest BCUT2D eigenvalue weighted by Crippen LogP contribution is 2.44. The lowest BCUT2D eigenvalue weighted by Gasteiger charge is -2.14. The number of nitrogens with zero attached hydrogens (tertiary/aromatic N) is 1. The first-order valence-electron chi connectivity index (χ1n) is 7.74. The van der Waals surface area contributed by atoms with Crippen molar-refractivity contribution in [1.82, 2.24) is 4.98 Å². The molecule has 1 N–H and O–H groups in total. The minimum Gasteiger partial charge on any atom is -0.505 e. The van der Waals surface area contributed by atoms with E-state index in [9.17, 15) is 9.90 Å². The van der Waals surface area contributed by atoms with Crippen molar-refractivity contribution in [2.24, 2.45) is 0 Å². The van der Waals surface area contributed by atoms with E-state index in [1.165, 1.54) is 0 Å². The van der Waals surface area contributed by atoms with Crippen LogP contribution < -0.4 is 0 Å². The molecule has 0 unspecified atom stereocenters. The summed E-state index contributed by atoms with van der Waals surface area (Å²) in [5.41, 5.74) is -0.0482. The summed E-state index contributed by atoms with van der Waals surface area (Å²) in [7, 11) is -0.496. The molecule has 126 valence electrons. The monoisotopic (exact) mass is 407 g/mol. The van der Waals surface area contributed by atoms with Crippen molar-refractivity contribution < 1.29 is 14.6 Å². The third-order valence-electron chi connectivity index (χ3n) is 3.74. The van der Waals surface area contributed by atoms with Gasteiger partial charge in [0, 0.05) is 10.8 Å². The molecule has 3 rings (SSSR count). The number of aromatic nitrogens is 1. The third-order valence-corrected chi connectivity index (χ3v) is 6.21. The van der Waals surface area contributed by atoms with Crippen molar-refractivity contribution in [2.45, 2.75) is 24.7 Å². The Morgan fingerprint density at radius 2 is 2.04 bits per heavy atom. The SMILES string of the molecule is CCCCOC(=O)c1nc(Br)c2ccc([SH]3C=CC=C3)cc2c1O. The molecule has 2 heterocycles. The molecule has 1 aromatic heterocycles. The summed E-state index contributed by atoms with van der Waals surface area (Å²) in [6, 6.07) is 5.86. The molecule has 0 spiro atoms. The molecule has 1 aromatic carbocycles. The Morgan fingerprint density at radius 3 is 2.75 bits per heavy atom. The average molecular weight is 408 g/mol. The summed E-state index contributed by atoms with van der Waals surface area (Å²) < 4.78 is 5.71. The lowest BCUT2D eigenvalue weighted by Crippen LogP contribution is -2.09. The summed E-state index contributed by atoms with van der Waals surface area (Å²) >= 11 is 3.39. The molecule has 0 saturated heterocycles. The van der Waals surface area contributed by atoms with Gasteiger partial charge in [0.05, 0.1) is 6.61 Å². The van der Waals surface area contributed by atoms with Gasteiger partial charge in [-0.2, -0.15) is 10.9 Å². The molecule has 4 nitrogen and oxygen atoms in total. The maximum absolute atomic E-state index is 12.2. The summed E-state index contributed by atoms with van der Waals surface area (Å²) in [4.78, 5) is 17.5. The van der Waals surface area contributed by atoms with Crippen LogP contribution in [0.5, 0.6) is 5.75 Å². The fourth-order valence-corrected chi connectivity index (χ4v) is 4.50. The van der Waals surface area contributed by atoms with Crippen LogP contribution in [-0.4, -0.2) is 22.7 Å². The first kappa shape index (κ1) is 17.0. The largest absolute Gasteiger partial charge is 0.505 e. The highest BCUT2D eigenvalue weighted by Gasteiger charge is 2.20. The Labute approximate surface area is 151 Å². The number of thiol groups is 1. The number of hydrogen-bond donors (Lipinski definition) is 2. The zero-order valence-corrected chi connectivity index (χ0v) is 15.7. The van der Waals surface area contributed by atoms with Crippen LogP contribution in [0.25, 0.3) is 10.8 Å². The van der Waals surface area contributed by atoms with E-state index in [0.29, 0.717) is 16.6 Å². The fraction of sp³-hybridized carbons (Fsp3) is 0.222. The van der Waals surface area contributed by atoms with Gasteiger partial charge in [0.2, 0.25) is 0 Å². The zero-order chi connectivity index (χ0) is 17.1. The molecule has 0 bridgehead atoms. The van der Waals surface area contributed by atoms with Crippen LogP contribution in [0.4, 0.5) is 0 Å². The molecule has 1 aliphatic rings. The number of aromatic hydroxyl groups is 1. The third kappa shape index (κ3) is 3.35. The van der Waals surface area contributed by atoms with Gasteiger partial charge in [0.25, 0.3) is 0 Å². The molecule has 2 aromatic rings. The Hall–Kier alpha value is -1.79. The molecule has 0 atom stereocenters. The standard InChI is InChI=1S/C18H18BrNO3S/c1-2-3-8-23-18(22)15-16(21)14-11-12(24-9-4-5-10-24)6-7-13(14)17(19)20-15/h4-7,9-11,21,24H,2-3,8H2,1H3. The predicted octanol–water partition coefficient (Wildman–Crippen LogP) is 5.06. The van der Waals surface area contributed by atoms with E-state index < -0.39 is 16.9 Å². The van der Waals surface area contributed by atoms with E-state index in [2.05, 4.69) is 31.7 Å². The Bertz CT molecular complexity index is 836. The molecule has 1 aliphatic heterocycles. The van der Waals surface area contributed by atoms with Crippen molar-refractivity contribution in [3.63, 3.8) is 0 Å². The minimum absolute atomic E-state index is 0.0482. The van der Waals surface area contributed by atoms with E-state index >= 15 is 0 Å². The first-order chi connectivity index (χ1) is 11.6. The molecule has 0 saturated carbocycles. The van der Waals surface area contributed by atoms with E-state index in [0.717, 1.165) is 23.1 Å². The van der Waals surface area contributed by atoms with Crippen LogP contribution in [0.2, 0.25) is 0 Å². The van der Waals surface area contributed by atoms with Crippen LogP contribution in [0.3, 0.4) is 0 Å². The molecular weight excluding hydrogens is 390 g/mol. The van der Waals surface area contributed by atoms with Crippen LogP contribution in [0, 0.1) is 0 Å². The van der Waals surface area contributed by atoms with E-state index in [1.54, 1.807) is 0 Å². The van der Waals surface area contributed by atoms with Crippen LogP contribution in [-0.2, 0) is 4.74 Å². The summed E-state index contributed by atoms with van der Waals surface area (Å²) in [5.74, 6) is -0.723. The first-order valence-corrected chi connectivity index (χ1v) is 10.0. The average Bonchev–Trinajstić information content (AvgIpc) is 3.12. The van der Waals surface area contributed by atoms with Gasteiger partial charge in [-0.15, -0.1) is 0 Å². The lowest BCUT2D eigenvalue weighted by atomic mass is 10.1. The molecule has 0 aliphatic carbocycles. The molecule has 6 heteroatoms. The minimum atomic E-state index is -0.597. The number of ether oxygens (including phenoxy) is 1. The topological polar surface area (TPSA) is 59.4 Å². The Balaban J connectivity index is 2.02. The van der Waals surface area contributed by atoms with Gasteiger partial charge >= 0.3 is 5.97 Å². The summed E-state index contributed by atoms with van der Waals surface area (Å²) in [6.45, 7) is 2.35.